The Hall–Kier alpha value is -1.70. The Morgan fingerprint density at radius 3 is 2.89 bits per heavy atom. The number of hydrogen-bond acceptors (Lipinski definition) is 4. The number of carbonyl (C=O) groups excluding carboxylic acids is 1. The quantitative estimate of drug-likeness (QED) is 0.523. The van der Waals surface area contributed by atoms with E-state index in [1.807, 2.05) is 0 Å². The fourth-order valence-corrected chi connectivity index (χ4v) is 1.45. The van der Waals surface area contributed by atoms with E-state index < -0.39 is 5.97 Å². The van der Waals surface area contributed by atoms with Crippen LogP contribution >= 0.6 is 23.2 Å². The first-order valence-electron chi connectivity index (χ1n) is 5.07. The van der Waals surface area contributed by atoms with Gasteiger partial charge in [-0.05, 0) is 25.1 Å². The molecule has 0 saturated heterocycles. The van der Waals surface area contributed by atoms with Crippen molar-refractivity contribution in [3.63, 3.8) is 0 Å². The molecular formula is C12H10Cl2N2O2. The van der Waals surface area contributed by atoms with Gasteiger partial charge in [-0.15, -0.1) is 0 Å². The van der Waals surface area contributed by atoms with Gasteiger partial charge in [0.25, 0.3) is 0 Å². The van der Waals surface area contributed by atoms with Gasteiger partial charge in [0.05, 0.1) is 17.3 Å². The van der Waals surface area contributed by atoms with Gasteiger partial charge < -0.3 is 10.1 Å². The van der Waals surface area contributed by atoms with Gasteiger partial charge in [0.2, 0.25) is 0 Å². The van der Waals surface area contributed by atoms with E-state index in [4.69, 9.17) is 33.2 Å². The van der Waals surface area contributed by atoms with Gasteiger partial charge in [0, 0.05) is 11.2 Å². The first kappa shape index (κ1) is 14.4. The summed E-state index contributed by atoms with van der Waals surface area (Å²) in [7, 11) is 0. The van der Waals surface area contributed by atoms with E-state index in [0.29, 0.717) is 15.7 Å². The van der Waals surface area contributed by atoms with Crippen LogP contribution in [-0.2, 0) is 9.53 Å². The highest BCUT2D eigenvalue weighted by atomic mass is 35.5. The molecule has 0 bridgehead atoms. The van der Waals surface area contributed by atoms with Crippen molar-refractivity contribution in [2.24, 2.45) is 0 Å². The SMILES string of the molecule is CCOC(=O)C(C#N)=CNc1cc(Cl)ccc1Cl. The van der Waals surface area contributed by atoms with Gasteiger partial charge in [0.1, 0.15) is 6.07 Å². The van der Waals surface area contributed by atoms with Crippen LogP contribution in [0.15, 0.2) is 30.0 Å². The molecule has 0 saturated carbocycles. The molecule has 0 aliphatic heterocycles. The summed E-state index contributed by atoms with van der Waals surface area (Å²) in [5.74, 6) is -0.689. The Morgan fingerprint density at radius 2 is 2.28 bits per heavy atom. The summed E-state index contributed by atoms with van der Waals surface area (Å²) >= 11 is 11.7. The molecule has 1 N–H and O–H groups in total. The third kappa shape index (κ3) is 3.95. The molecule has 1 aromatic rings. The summed E-state index contributed by atoms with van der Waals surface area (Å²) in [6, 6.07) is 6.56. The van der Waals surface area contributed by atoms with Gasteiger partial charge in [-0.3, -0.25) is 0 Å². The third-order valence-corrected chi connectivity index (χ3v) is 2.48. The summed E-state index contributed by atoms with van der Waals surface area (Å²) in [6.07, 6.45) is 1.23. The lowest BCUT2D eigenvalue weighted by Crippen LogP contribution is -2.07. The molecule has 0 aliphatic rings. The fraction of sp³-hybridized carbons (Fsp3) is 0.167. The third-order valence-electron chi connectivity index (χ3n) is 1.92. The predicted molar refractivity (Wildman–Crippen MR) is 70.4 cm³/mol. The van der Waals surface area contributed by atoms with Crippen LogP contribution in [0.5, 0.6) is 0 Å². The van der Waals surface area contributed by atoms with Crippen LogP contribution in [0.1, 0.15) is 6.92 Å². The molecule has 1 rings (SSSR count). The maximum absolute atomic E-state index is 11.3. The van der Waals surface area contributed by atoms with E-state index >= 15 is 0 Å². The second-order valence-electron chi connectivity index (χ2n) is 3.16. The zero-order valence-electron chi connectivity index (χ0n) is 9.54. The van der Waals surface area contributed by atoms with Crippen molar-refractivity contribution in [2.45, 2.75) is 6.92 Å². The van der Waals surface area contributed by atoms with Crippen molar-refractivity contribution in [3.8, 4) is 6.07 Å². The maximum Gasteiger partial charge on any atom is 0.350 e. The maximum atomic E-state index is 11.3. The van der Waals surface area contributed by atoms with Crippen LogP contribution < -0.4 is 5.32 Å². The largest absolute Gasteiger partial charge is 0.462 e. The van der Waals surface area contributed by atoms with E-state index in [9.17, 15) is 4.79 Å². The van der Waals surface area contributed by atoms with E-state index in [2.05, 4.69) is 5.32 Å². The number of halogens is 2. The lowest BCUT2D eigenvalue weighted by atomic mass is 10.3. The first-order chi connectivity index (χ1) is 8.58. The second kappa shape index (κ2) is 6.90. The number of carbonyl (C=O) groups is 1. The number of rotatable bonds is 4. The molecule has 94 valence electrons. The summed E-state index contributed by atoms with van der Waals surface area (Å²) in [5.41, 5.74) is 0.356. The van der Waals surface area contributed by atoms with Crippen molar-refractivity contribution in [1.82, 2.24) is 0 Å². The summed E-state index contributed by atoms with van der Waals surface area (Å²) in [5, 5.41) is 12.5. The molecule has 4 nitrogen and oxygen atoms in total. The van der Waals surface area contributed by atoms with Gasteiger partial charge in [-0.1, -0.05) is 23.2 Å². The monoisotopic (exact) mass is 284 g/mol. The average molecular weight is 285 g/mol. The molecule has 18 heavy (non-hydrogen) atoms. The minimum Gasteiger partial charge on any atom is -0.462 e. The van der Waals surface area contributed by atoms with E-state index in [-0.39, 0.29) is 12.2 Å². The number of ether oxygens (including phenoxy) is 1. The topological polar surface area (TPSA) is 62.1 Å². The first-order valence-corrected chi connectivity index (χ1v) is 5.83. The number of anilines is 1. The highest BCUT2D eigenvalue weighted by Crippen LogP contribution is 2.25. The Balaban J connectivity index is 2.87. The molecule has 0 aliphatic carbocycles. The summed E-state index contributed by atoms with van der Waals surface area (Å²) in [6.45, 7) is 1.87. The standard InChI is InChI=1S/C12H10Cl2N2O2/c1-2-18-12(17)8(6-15)7-16-11-5-9(13)3-4-10(11)14/h3-5,7,16H,2H2,1H3. The Bertz CT molecular complexity index is 521. The number of nitriles is 1. The van der Waals surface area contributed by atoms with Gasteiger partial charge in [-0.2, -0.15) is 5.26 Å². The molecular weight excluding hydrogens is 275 g/mol. The van der Waals surface area contributed by atoms with Crippen LogP contribution in [0.2, 0.25) is 10.0 Å². The molecule has 0 fully saturated rings. The second-order valence-corrected chi connectivity index (χ2v) is 4.00. The highest BCUT2D eigenvalue weighted by Gasteiger charge is 2.09. The van der Waals surface area contributed by atoms with E-state index in [0.717, 1.165) is 0 Å². The van der Waals surface area contributed by atoms with Crippen molar-refractivity contribution in [2.75, 3.05) is 11.9 Å². The zero-order chi connectivity index (χ0) is 13.5. The minimum absolute atomic E-state index is 0.145. The predicted octanol–water partition coefficient (Wildman–Crippen LogP) is 3.38. The lowest BCUT2D eigenvalue weighted by Gasteiger charge is -2.05. The normalized spacial score (nSPS) is 10.7. The Labute approximate surface area is 115 Å². The average Bonchev–Trinajstić information content (AvgIpc) is 2.34. The molecule has 1 aromatic carbocycles. The highest BCUT2D eigenvalue weighted by molar-refractivity contribution is 6.35. The van der Waals surface area contributed by atoms with Crippen LogP contribution in [-0.4, -0.2) is 12.6 Å². The van der Waals surface area contributed by atoms with Crippen molar-refractivity contribution < 1.29 is 9.53 Å². The number of nitrogens with zero attached hydrogens (tertiary/aromatic N) is 1. The van der Waals surface area contributed by atoms with Gasteiger partial charge in [-0.25, -0.2) is 4.79 Å². The molecule has 0 aromatic heterocycles. The van der Waals surface area contributed by atoms with Crippen molar-refractivity contribution >= 4 is 34.9 Å². The van der Waals surface area contributed by atoms with E-state index in [1.54, 1.807) is 31.2 Å². The van der Waals surface area contributed by atoms with Crippen LogP contribution in [0.4, 0.5) is 5.69 Å². The molecule has 0 unspecified atom stereocenters. The molecule has 0 atom stereocenters. The minimum atomic E-state index is -0.689. The summed E-state index contributed by atoms with van der Waals surface area (Å²) < 4.78 is 4.71. The molecule has 0 spiro atoms. The molecule has 0 radical (unpaired) electrons. The lowest BCUT2D eigenvalue weighted by molar-refractivity contribution is -0.138. The number of nitrogens with one attached hydrogen (secondary N) is 1. The van der Waals surface area contributed by atoms with Crippen LogP contribution in [0.25, 0.3) is 0 Å². The van der Waals surface area contributed by atoms with Crippen LogP contribution in [0.3, 0.4) is 0 Å². The fourth-order valence-electron chi connectivity index (χ4n) is 1.10. The number of esters is 1. The van der Waals surface area contributed by atoms with E-state index in [1.165, 1.54) is 6.20 Å². The van der Waals surface area contributed by atoms with Crippen LogP contribution in [0, 0.1) is 11.3 Å². The van der Waals surface area contributed by atoms with Crippen molar-refractivity contribution in [3.05, 3.63) is 40.0 Å². The van der Waals surface area contributed by atoms with Gasteiger partial charge >= 0.3 is 5.97 Å². The Morgan fingerprint density at radius 1 is 1.56 bits per heavy atom. The number of hydrogen-bond donors (Lipinski definition) is 1. The molecule has 0 amide bonds. The zero-order valence-corrected chi connectivity index (χ0v) is 11.0. The summed E-state index contributed by atoms with van der Waals surface area (Å²) in [4.78, 5) is 11.3. The molecule has 6 heteroatoms. The number of benzene rings is 1. The Kier molecular flexibility index (Phi) is 5.50. The smallest absolute Gasteiger partial charge is 0.350 e. The van der Waals surface area contributed by atoms with Crippen molar-refractivity contribution in [1.29, 1.82) is 5.26 Å². The molecule has 0 heterocycles. The van der Waals surface area contributed by atoms with Gasteiger partial charge in [0.15, 0.2) is 5.57 Å².